The fourth-order valence-corrected chi connectivity index (χ4v) is 1.67. The van der Waals surface area contributed by atoms with Crippen LogP contribution in [0.25, 0.3) is 0 Å². The molecule has 0 aliphatic rings. The van der Waals surface area contributed by atoms with Gasteiger partial charge in [-0.1, -0.05) is 30.3 Å². The summed E-state index contributed by atoms with van der Waals surface area (Å²) in [4.78, 5) is 23.6. The summed E-state index contributed by atoms with van der Waals surface area (Å²) in [6.07, 6.45) is 2.55. The van der Waals surface area contributed by atoms with E-state index in [1.54, 1.807) is 6.92 Å². The Kier molecular flexibility index (Phi) is 6.15. The number of hydrogen-bond acceptors (Lipinski definition) is 2. The quantitative estimate of drug-likeness (QED) is 0.818. The van der Waals surface area contributed by atoms with Gasteiger partial charge in [-0.25, -0.2) is 0 Å². The van der Waals surface area contributed by atoms with Crippen LogP contribution in [0.4, 0.5) is 0 Å². The Bertz CT molecular complexity index is 513. The Labute approximate surface area is 126 Å². The number of hydrogen-bond donors (Lipinski definition) is 2. The largest absolute Gasteiger partial charge is 0.348 e. The molecule has 4 nitrogen and oxygen atoms in total. The van der Waals surface area contributed by atoms with Crippen molar-refractivity contribution in [1.82, 2.24) is 10.6 Å². The van der Waals surface area contributed by atoms with Crippen molar-refractivity contribution in [2.45, 2.75) is 46.1 Å². The summed E-state index contributed by atoms with van der Waals surface area (Å²) in [6.45, 7) is 7.42. The molecule has 0 atom stereocenters. The second-order valence-corrected chi connectivity index (χ2v) is 6.08. The van der Waals surface area contributed by atoms with Crippen LogP contribution in [0, 0.1) is 0 Å². The van der Waals surface area contributed by atoms with Crippen LogP contribution in [-0.4, -0.2) is 17.4 Å². The van der Waals surface area contributed by atoms with Gasteiger partial charge in [0.2, 0.25) is 11.8 Å². The SMILES string of the molecule is C/C(=C/NC(=O)CCc1ccccc1)C(=O)NC(C)(C)C. The van der Waals surface area contributed by atoms with Crippen LogP contribution in [0.1, 0.15) is 39.7 Å². The van der Waals surface area contributed by atoms with Gasteiger partial charge in [-0.3, -0.25) is 9.59 Å². The Balaban J connectivity index is 2.41. The highest BCUT2D eigenvalue weighted by molar-refractivity contribution is 5.93. The number of carbonyl (C=O) groups is 2. The van der Waals surface area contributed by atoms with Crippen molar-refractivity contribution in [3.8, 4) is 0 Å². The highest BCUT2D eigenvalue weighted by Gasteiger charge is 2.14. The topological polar surface area (TPSA) is 58.2 Å². The molecule has 4 heteroatoms. The molecular weight excluding hydrogens is 264 g/mol. The fraction of sp³-hybridized carbons (Fsp3) is 0.412. The van der Waals surface area contributed by atoms with E-state index in [0.29, 0.717) is 18.4 Å². The van der Waals surface area contributed by atoms with Gasteiger partial charge < -0.3 is 10.6 Å². The molecule has 0 saturated heterocycles. The first-order valence-corrected chi connectivity index (χ1v) is 7.10. The third-order valence-corrected chi connectivity index (χ3v) is 2.78. The molecule has 0 saturated carbocycles. The van der Waals surface area contributed by atoms with Crippen LogP contribution >= 0.6 is 0 Å². The van der Waals surface area contributed by atoms with E-state index < -0.39 is 0 Å². The lowest BCUT2D eigenvalue weighted by Crippen LogP contribution is -2.41. The molecule has 0 heterocycles. The highest BCUT2D eigenvalue weighted by atomic mass is 16.2. The molecule has 0 radical (unpaired) electrons. The fourth-order valence-electron chi connectivity index (χ4n) is 1.67. The first kappa shape index (κ1) is 17.0. The number of carbonyl (C=O) groups excluding carboxylic acids is 2. The average Bonchev–Trinajstić information content (AvgIpc) is 2.41. The van der Waals surface area contributed by atoms with Crippen LogP contribution in [-0.2, 0) is 16.0 Å². The number of rotatable bonds is 5. The summed E-state index contributed by atoms with van der Waals surface area (Å²) in [6, 6.07) is 9.84. The van der Waals surface area contributed by atoms with Crippen LogP contribution in [0.3, 0.4) is 0 Å². The van der Waals surface area contributed by atoms with Crippen molar-refractivity contribution in [3.05, 3.63) is 47.7 Å². The van der Waals surface area contributed by atoms with E-state index in [4.69, 9.17) is 0 Å². The first-order chi connectivity index (χ1) is 9.78. The van der Waals surface area contributed by atoms with Crippen molar-refractivity contribution in [3.63, 3.8) is 0 Å². The molecule has 0 unspecified atom stereocenters. The van der Waals surface area contributed by atoms with Gasteiger partial charge in [-0.2, -0.15) is 0 Å². The zero-order chi connectivity index (χ0) is 15.9. The molecule has 1 aromatic carbocycles. The lowest BCUT2D eigenvalue weighted by Gasteiger charge is -2.20. The van der Waals surface area contributed by atoms with Gasteiger partial charge >= 0.3 is 0 Å². The maximum Gasteiger partial charge on any atom is 0.248 e. The normalized spacial score (nSPS) is 11.9. The molecule has 2 N–H and O–H groups in total. The summed E-state index contributed by atoms with van der Waals surface area (Å²) in [5.74, 6) is -0.271. The molecule has 114 valence electrons. The number of nitrogens with one attached hydrogen (secondary N) is 2. The molecule has 0 spiro atoms. The van der Waals surface area contributed by atoms with Crippen LogP contribution in [0.5, 0.6) is 0 Å². The lowest BCUT2D eigenvalue weighted by molar-refractivity contribution is -0.120. The van der Waals surface area contributed by atoms with E-state index in [1.807, 2.05) is 51.1 Å². The zero-order valence-corrected chi connectivity index (χ0v) is 13.2. The standard InChI is InChI=1S/C17H24N2O2/c1-13(16(21)19-17(2,3)4)12-18-15(20)11-10-14-8-6-5-7-9-14/h5-9,12H,10-11H2,1-4H3,(H,18,20)(H,19,21)/b13-12-. The third kappa shape index (κ3) is 7.30. The van der Waals surface area contributed by atoms with Gasteiger partial charge in [-0.15, -0.1) is 0 Å². The first-order valence-electron chi connectivity index (χ1n) is 7.10. The Morgan fingerprint density at radius 1 is 1.14 bits per heavy atom. The molecule has 0 aromatic heterocycles. The second kappa shape index (κ2) is 7.62. The Morgan fingerprint density at radius 3 is 2.33 bits per heavy atom. The van der Waals surface area contributed by atoms with Gasteiger partial charge in [0.25, 0.3) is 0 Å². The molecule has 0 fully saturated rings. The molecule has 0 bridgehead atoms. The van der Waals surface area contributed by atoms with E-state index in [0.717, 1.165) is 5.56 Å². The minimum absolute atomic E-state index is 0.0956. The van der Waals surface area contributed by atoms with E-state index in [-0.39, 0.29) is 17.4 Å². The van der Waals surface area contributed by atoms with Crippen LogP contribution in [0.15, 0.2) is 42.1 Å². The van der Waals surface area contributed by atoms with Gasteiger partial charge in [0.15, 0.2) is 0 Å². The summed E-state index contributed by atoms with van der Waals surface area (Å²) >= 11 is 0. The minimum Gasteiger partial charge on any atom is -0.348 e. The predicted octanol–water partition coefficient (Wildman–Crippen LogP) is 2.55. The third-order valence-electron chi connectivity index (χ3n) is 2.78. The van der Waals surface area contributed by atoms with Gasteiger partial charge in [0, 0.05) is 23.7 Å². The minimum atomic E-state index is -0.288. The maximum atomic E-state index is 11.8. The molecule has 0 aliphatic carbocycles. The van der Waals surface area contributed by atoms with Crippen molar-refractivity contribution in [2.75, 3.05) is 0 Å². The van der Waals surface area contributed by atoms with Crippen molar-refractivity contribution in [1.29, 1.82) is 0 Å². The molecular formula is C17H24N2O2. The Hall–Kier alpha value is -2.10. The second-order valence-electron chi connectivity index (χ2n) is 6.08. The molecule has 1 aromatic rings. The van der Waals surface area contributed by atoms with Gasteiger partial charge in [0.05, 0.1) is 0 Å². The van der Waals surface area contributed by atoms with Crippen molar-refractivity contribution >= 4 is 11.8 Å². The zero-order valence-electron chi connectivity index (χ0n) is 13.2. The lowest BCUT2D eigenvalue weighted by atomic mass is 10.1. The van der Waals surface area contributed by atoms with E-state index >= 15 is 0 Å². The smallest absolute Gasteiger partial charge is 0.248 e. The highest BCUT2D eigenvalue weighted by Crippen LogP contribution is 2.03. The number of benzene rings is 1. The average molecular weight is 288 g/mol. The molecule has 2 amide bonds. The maximum absolute atomic E-state index is 11.8. The summed E-state index contributed by atoms with van der Waals surface area (Å²) < 4.78 is 0. The monoisotopic (exact) mass is 288 g/mol. The van der Waals surface area contributed by atoms with Crippen LogP contribution < -0.4 is 10.6 Å². The van der Waals surface area contributed by atoms with Crippen molar-refractivity contribution in [2.24, 2.45) is 0 Å². The van der Waals surface area contributed by atoms with Crippen molar-refractivity contribution < 1.29 is 9.59 Å². The van der Waals surface area contributed by atoms with E-state index in [1.165, 1.54) is 6.20 Å². The molecule has 0 aliphatic heterocycles. The van der Waals surface area contributed by atoms with Gasteiger partial charge in [0.1, 0.15) is 0 Å². The Morgan fingerprint density at radius 2 is 1.76 bits per heavy atom. The van der Waals surface area contributed by atoms with Crippen LogP contribution in [0.2, 0.25) is 0 Å². The number of aryl methyl sites for hydroxylation is 1. The summed E-state index contributed by atoms with van der Waals surface area (Å²) in [5.41, 5.74) is 1.32. The molecule has 1 rings (SSSR count). The van der Waals surface area contributed by atoms with Gasteiger partial charge in [-0.05, 0) is 39.7 Å². The summed E-state index contributed by atoms with van der Waals surface area (Å²) in [7, 11) is 0. The number of amides is 2. The predicted molar refractivity (Wildman–Crippen MR) is 84.6 cm³/mol. The summed E-state index contributed by atoms with van der Waals surface area (Å²) in [5, 5.41) is 5.50. The van der Waals surface area contributed by atoms with E-state index in [9.17, 15) is 9.59 Å². The van der Waals surface area contributed by atoms with E-state index in [2.05, 4.69) is 10.6 Å². The molecule has 21 heavy (non-hydrogen) atoms.